The minimum absolute atomic E-state index is 0.0223. The van der Waals surface area contributed by atoms with Gasteiger partial charge in [0, 0.05) is 12.4 Å². The molecular formula is C15H17N3O2. The Bertz CT molecular complexity index is 612. The molecular weight excluding hydrogens is 254 g/mol. The first-order chi connectivity index (χ1) is 9.58. The van der Waals surface area contributed by atoms with Crippen molar-refractivity contribution in [3.8, 4) is 5.75 Å². The van der Waals surface area contributed by atoms with Crippen molar-refractivity contribution >= 4 is 11.6 Å². The largest absolute Gasteiger partial charge is 0.489 e. The number of amides is 1. The van der Waals surface area contributed by atoms with Crippen LogP contribution in [-0.4, -0.2) is 22.0 Å². The smallest absolute Gasteiger partial charge is 0.278 e. The highest BCUT2D eigenvalue weighted by atomic mass is 16.5. The van der Waals surface area contributed by atoms with E-state index in [1.807, 2.05) is 20.8 Å². The summed E-state index contributed by atoms with van der Waals surface area (Å²) >= 11 is 0. The van der Waals surface area contributed by atoms with Crippen molar-refractivity contribution in [2.75, 3.05) is 5.32 Å². The Morgan fingerprint density at radius 2 is 1.90 bits per heavy atom. The molecule has 0 aromatic carbocycles. The third kappa shape index (κ3) is 3.32. The summed E-state index contributed by atoms with van der Waals surface area (Å²) in [5.41, 5.74) is 1.69. The maximum Gasteiger partial charge on any atom is 0.278 e. The molecule has 0 fully saturated rings. The molecule has 104 valence electrons. The highest BCUT2D eigenvalue weighted by Crippen LogP contribution is 2.19. The molecule has 0 saturated heterocycles. The van der Waals surface area contributed by atoms with Gasteiger partial charge in [-0.15, -0.1) is 0 Å². The number of rotatable bonds is 4. The SMILES string of the molecule is Cc1ncccc1NC(=O)c1ncccc1OC(C)C. The lowest BCUT2D eigenvalue weighted by Crippen LogP contribution is -2.17. The van der Waals surface area contributed by atoms with Gasteiger partial charge in [0.25, 0.3) is 5.91 Å². The van der Waals surface area contributed by atoms with E-state index in [0.29, 0.717) is 11.4 Å². The predicted molar refractivity (Wildman–Crippen MR) is 76.9 cm³/mol. The van der Waals surface area contributed by atoms with Gasteiger partial charge < -0.3 is 10.1 Å². The van der Waals surface area contributed by atoms with Gasteiger partial charge in [-0.3, -0.25) is 9.78 Å². The second kappa shape index (κ2) is 6.14. The molecule has 0 aliphatic carbocycles. The van der Waals surface area contributed by atoms with Crippen LogP contribution in [0.25, 0.3) is 0 Å². The van der Waals surface area contributed by atoms with Crippen LogP contribution in [-0.2, 0) is 0 Å². The monoisotopic (exact) mass is 271 g/mol. The zero-order chi connectivity index (χ0) is 14.5. The second-order valence-electron chi connectivity index (χ2n) is 4.61. The molecule has 2 heterocycles. The van der Waals surface area contributed by atoms with Gasteiger partial charge in [-0.05, 0) is 45.0 Å². The van der Waals surface area contributed by atoms with Crippen molar-refractivity contribution in [1.29, 1.82) is 0 Å². The Hall–Kier alpha value is -2.43. The van der Waals surface area contributed by atoms with Crippen molar-refractivity contribution in [2.45, 2.75) is 26.9 Å². The minimum Gasteiger partial charge on any atom is -0.489 e. The molecule has 2 aromatic rings. The summed E-state index contributed by atoms with van der Waals surface area (Å²) in [6.45, 7) is 5.64. The fraction of sp³-hybridized carbons (Fsp3) is 0.267. The van der Waals surface area contributed by atoms with Gasteiger partial charge >= 0.3 is 0 Å². The van der Waals surface area contributed by atoms with Gasteiger partial charge in [0.1, 0.15) is 0 Å². The van der Waals surface area contributed by atoms with E-state index in [-0.39, 0.29) is 17.7 Å². The average Bonchev–Trinajstić information content (AvgIpc) is 2.41. The van der Waals surface area contributed by atoms with Crippen LogP contribution in [0.4, 0.5) is 5.69 Å². The number of carbonyl (C=O) groups excluding carboxylic acids is 1. The number of hydrogen-bond acceptors (Lipinski definition) is 4. The Morgan fingerprint density at radius 1 is 1.20 bits per heavy atom. The highest BCUT2D eigenvalue weighted by Gasteiger charge is 2.15. The van der Waals surface area contributed by atoms with E-state index >= 15 is 0 Å². The van der Waals surface area contributed by atoms with Gasteiger partial charge in [0.15, 0.2) is 11.4 Å². The van der Waals surface area contributed by atoms with E-state index in [2.05, 4.69) is 15.3 Å². The van der Waals surface area contributed by atoms with Crippen LogP contribution >= 0.6 is 0 Å². The zero-order valence-corrected chi connectivity index (χ0v) is 11.8. The first-order valence-corrected chi connectivity index (χ1v) is 6.42. The predicted octanol–water partition coefficient (Wildman–Crippen LogP) is 2.82. The van der Waals surface area contributed by atoms with Crippen molar-refractivity contribution in [3.63, 3.8) is 0 Å². The molecule has 2 aromatic heterocycles. The van der Waals surface area contributed by atoms with Gasteiger partial charge in [-0.25, -0.2) is 4.98 Å². The number of hydrogen-bond donors (Lipinski definition) is 1. The number of ether oxygens (including phenoxy) is 1. The van der Waals surface area contributed by atoms with Gasteiger partial charge in [0.05, 0.1) is 17.5 Å². The maximum absolute atomic E-state index is 12.3. The number of anilines is 1. The lowest BCUT2D eigenvalue weighted by molar-refractivity contribution is 0.101. The van der Waals surface area contributed by atoms with Crippen molar-refractivity contribution in [2.24, 2.45) is 0 Å². The first kappa shape index (κ1) is 14.0. The molecule has 0 atom stereocenters. The Morgan fingerprint density at radius 3 is 2.60 bits per heavy atom. The number of aryl methyl sites for hydroxylation is 1. The molecule has 0 saturated carbocycles. The summed E-state index contributed by atoms with van der Waals surface area (Å²) in [5, 5.41) is 2.80. The number of carbonyl (C=O) groups is 1. The van der Waals surface area contributed by atoms with E-state index in [1.54, 1.807) is 36.7 Å². The van der Waals surface area contributed by atoms with Crippen molar-refractivity contribution < 1.29 is 9.53 Å². The van der Waals surface area contributed by atoms with Crippen LogP contribution < -0.4 is 10.1 Å². The topological polar surface area (TPSA) is 64.1 Å². The summed E-state index contributed by atoms with van der Waals surface area (Å²) in [6.07, 6.45) is 3.22. The van der Waals surface area contributed by atoms with E-state index in [1.165, 1.54) is 0 Å². The van der Waals surface area contributed by atoms with Crippen LogP contribution in [0.3, 0.4) is 0 Å². The average molecular weight is 271 g/mol. The lowest BCUT2D eigenvalue weighted by atomic mass is 10.2. The molecule has 0 spiro atoms. The zero-order valence-electron chi connectivity index (χ0n) is 11.8. The van der Waals surface area contributed by atoms with E-state index < -0.39 is 0 Å². The number of pyridine rings is 2. The molecule has 2 rings (SSSR count). The van der Waals surface area contributed by atoms with E-state index in [9.17, 15) is 4.79 Å². The van der Waals surface area contributed by atoms with Crippen LogP contribution in [0.15, 0.2) is 36.7 Å². The van der Waals surface area contributed by atoms with Crippen LogP contribution in [0.5, 0.6) is 5.75 Å². The van der Waals surface area contributed by atoms with Crippen LogP contribution in [0.1, 0.15) is 30.0 Å². The number of nitrogens with one attached hydrogen (secondary N) is 1. The lowest BCUT2D eigenvalue weighted by Gasteiger charge is -2.13. The molecule has 20 heavy (non-hydrogen) atoms. The van der Waals surface area contributed by atoms with Crippen LogP contribution in [0.2, 0.25) is 0 Å². The Balaban J connectivity index is 2.23. The second-order valence-corrected chi connectivity index (χ2v) is 4.61. The number of aromatic nitrogens is 2. The summed E-state index contributed by atoms with van der Waals surface area (Å²) in [5.74, 6) is 0.166. The molecule has 0 bridgehead atoms. The fourth-order valence-electron chi connectivity index (χ4n) is 1.71. The summed E-state index contributed by atoms with van der Waals surface area (Å²) in [4.78, 5) is 20.5. The standard InChI is InChI=1S/C15H17N3O2/c1-10(2)20-13-7-5-9-17-14(13)15(19)18-12-6-4-8-16-11(12)3/h4-10H,1-3H3,(H,18,19). The Labute approximate surface area is 118 Å². The third-order valence-electron chi connectivity index (χ3n) is 2.60. The van der Waals surface area contributed by atoms with Gasteiger partial charge in [-0.1, -0.05) is 0 Å². The molecule has 0 aliphatic heterocycles. The Kier molecular flexibility index (Phi) is 4.30. The quantitative estimate of drug-likeness (QED) is 0.928. The molecule has 5 heteroatoms. The first-order valence-electron chi connectivity index (χ1n) is 6.42. The molecule has 0 unspecified atom stereocenters. The van der Waals surface area contributed by atoms with E-state index in [4.69, 9.17) is 4.74 Å². The molecule has 0 aliphatic rings. The van der Waals surface area contributed by atoms with Gasteiger partial charge in [0.2, 0.25) is 0 Å². The van der Waals surface area contributed by atoms with Crippen LogP contribution in [0, 0.1) is 6.92 Å². The van der Waals surface area contributed by atoms with Crippen molar-refractivity contribution in [3.05, 3.63) is 48.0 Å². The molecule has 0 radical (unpaired) electrons. The normalized spacial score (nSPS) is 10.4. The van der Waals surface area contributed by atoms with Crippen molar-refractivity contribution in [1.82, 2.24) is 9.97 Å². The number of nitrogens with zero attached hydrogens (tertiary/aromatic N) is 2. The maximum atomic E-state index is 12.3. The molecule has 1 amide bonds. The summed E-state index contributed by atoms with van der Waals surface area (Å²) < 4.78 is 5.60. The third-order valence-corrected chi connectivity index (χ3v) is 2.60. The highest BCUT2D eigenvalue weighted by molar-refractivity contribution is 6.04. The summed E-state index contributed by atoms with van der Waals surface area (Å²) in [7, 11) is 0. The fourth-order valence-corrected chi connectivity index (χ4v) is 1.71. The molecule has 1 N–H and O–H groups in total. The van der Waals surface area contributed by atoms with Gasteiger partial charge in [-0.2, -0.15) is 0 Å². The summed E-state index contributed by atoms with van der Waals surface area (Å²) in [6, 6.07) is 7.04. The van der Waals surface area contributed by atoms with E-state index in [0.717, 1.165) is 5.69 Å². The minimum atomic E-state index is -0.308. The molecule has 5 nitrogen and oxygen atoms in total.